The molecule has 1 saturated heterocycles. The molecule has 1 saturated carbocycles. The molecule has 1 N–H and O–H groups in total. The van der Waals surface area contributed by atoms with Crippen molar-refractivity contribution >= 4 is 6.09 Å². The number of aryl methyl sites for hydroxylation is 2. The van der Waals surface area contributed by atoms with E-state index in [9.17, 15) is 4.79 Å². The number of hydrogen-bond acceptors (Lipinski definition) is 5. The van der Waals surface area contributed by atoms with Crippen molar-refractivity contribution in [3.63, 3.8) is 0 Å². The molecule has 1 aliphatic carbocycles. The second kappa shape index (κ2) is 8.86. The summed E-state index contributed by atoms with van der Waals surface area (Å²) in [4.78, 5) is 14.4. The number of likely N-dealkylation sites (tertiary alicyclic amines) is 1. The summed E-state index contributed by atoms with van der Waals surface area (Å²) in [5.41, 5.74) is 2.16. The second-order valence-electron chi connectivity index (χ2n) is 8.22. The normalized spacial score (nSPS) is 21.6. The number of nitrogens with zero attached hydrogens (tertiary/aromatic N) is 3. The molecule has 0 spiro atoms. The van der Waals surface area contributed by atoms with Gasteiger partial charge in [0.2, 0.25) is 5.88 Å². The van der Waals surface area contributed by atoms with Crippen LogP contribution in [0.4, 0.5) is 4.79 Å². The van der Waals surface area contributed by atoms with E-state index in [1.54, 1.807) is 17.8 Å². The number of carbonyl (C=O) groups is 1. The van der Waals surface area contributed by atoms with Gasteiger partial charge in [-0.15, -0.1) is 0 Å². The van der Waals surface area contributed by atoms with Crippen LogP contribution in [0.25, 0.3) is 0 Å². The smallest absolute Gasteiger partial charge is 0.413 e. The Labute approximate surface area is 172 Å². The lowest BCUT2D eigenvalue weighted by Crippen LogP contribution is -2.41. The molecule has 7 nitrogen and oxygen atoms in total. The van der Waals surface area contributed by atoms with Gasteiger partial charge in [-0.25, -0.2) is 9.48 Å². The zero-order valence-corrected chi connectivity index (χ0v) is 17.3. The zero-order chi connectivity index (χ0) is 20.2. The Kier molecular flexibility index (Phi) is 6.04. The van der Waals surface area contributed by atoms with Crippen LogP contribution in [0.15, 0.2) is 30.3 Å². The molecule has 0 radical (unpaired) electrons. The molecule has 2 fully saturated rings. The molecule has 0 unspecified atom stereocenters. The van der Waals surface area contributed by atoms with E-state index in [4.69, 9.17) is 9.47 Å². The van der Waals surface area contributed by atoms with Crippen molar-refractivity contribution in [3.05, 3.63) is 41.6 Å². The van der Waals surface area contributed by atoms with Crippen molar-refractivity contribution in [1.82, 2.24) is 20.0 Å². The van der Waals surface area contributed by atoms with E-state index >= 15 is 0 Å². The molecule has 1 aliphatic heterocycles. The number of nitrogens with one attached hydrogen (secondary N) is 1. The van der Waals surface area contributed by atoms with E-state index in [0.29, 0.717) is 18.3 Å². The molecule has 2 aromatic rings. The van der Waals surface area contributed by atoms with E-state index in [0.717, 1.165) is 30.8 Å². The van der Waals surface area contributed by atoms with Gasteiger partial charge in [0.1, 0.15) is 5.75 Å². The van der Waals surface area contributed by atoms with Crippen LogP contribution < -0.4 is 14.8 Å². The monoisotopic (exact) mass is 398 g/mol. The Bertz CT molecular complexity index is 821. The quantitative estimate of drug-likeness (QED) is 0.775. The van der Waals surface area contributed by atoms with Crippen molar-refractivity contribution < 1.29 is 14.3 Å². The minimum Gasteiger partial charge on any atom is -0.490 e. The third kappa shape index (κ3) is 5.29. The van der Waals surface area contributed by atoms with E-state index in [1.165, 1.54) is 31.5 Å². The van der Waals surface area contributed by atoms with Crippen molar-refractivity contribution in [2.24, 2.45) is 13.0 Å². The lowest BCUT2D eigenvalue weighted by atomic mass is 9.82. The highest BCUT2D eigenvalue weighted by Crippen LogP contribution is 2.31. The maximum absolute atomic E-state index is 11.9. The summed E-state index contributed by atoms with van der Waals surface area (Å²) in [7, 11) is 1.75. The van der Waals surface area contributed by atoms with Crippen LogP contribution in [0.1, 0.15) is 36.9 Å². The number of carbonyl (C=O) groups excluding carboxylic acids is 1. The van der Waals surface area contributed by atoms with Gasteiger partial charge in [-0.1, -0.05) is 12.1 Å². The minimum absolute atomic E-state index is 0.224. The fourth-order valence-electron chi connectivity index (χ4n) is 4.04. The van der Waals surface area contributed by atoms with Crippen LogP contribution in [0.5, 0.6) is 11.6 Å². The Morgan fingerprint density at radius 3 is 2.59 bits per heavy atom. The Hall–Kier alpha value is -2.54. The van der Waals surface area contributed by atoms with E-state index in [1.807, 2.05) is 6.92 Å². The van der Waals surface area contributed by atoms with Crippen LogP contribution in [0.3, 0.4) is 0 Å². The fraction of sp³-hybridized carbons (Fsp3) is 0.545. The number of hydrogen-bond donors (Lipinski definition) is 1. The molecular weight excluding hydrogens is 368 g/mol. The predicted octanol–water partition coefficient (Wildman–Crippen LogP) is 3.27. The van der Waals surface area contributed by atoms with E-state index in [-0.39, 0.29) is 6.10 Å². The summed E-state index contributed by atoms with van der Waals surface area (Å²) in [6.45, 7) is 5.92. The maximum atomic E-state index is 11.9. The molecular formula is C22H30N4O3. The molecule has 1 aromatic carbocycles. The van der Waals surface area contributed by atoms with Crippen molar-refractivity contribution in [1.29, 1.82) is 0 Å². The zero-order valence-electron chi connectivity index (χ0n) is 17.3. The predicted molar refractivity (Wildman–Crippen MR) is 110 cm³/mol. The van der Waals surface area contributed by atoms with E-state index < -0.39 is 6.09 Å². The molecule has 1 aromatic heterocycles. The van der Waals surface area contributed by atoms with Crippen LogP contribution in [0.2, 0.25) is 0 Å². The largest absolute Gasteiger partial charge is 0.490 e. The number of amides is 1. The third-order valence-electron chi connectivity index (χ3n) is 5.71. The Morgan fingerprint density at radius 1 is 1.21 bits per heavy atom. The topological polar surface area (TPSA) is 68.6 Å². The lowest BCUT2D eigenvalue weighted by Gasteiger charge is -2.35. The molecule has 156 valence electrons. The maximum Gasteiger partial charge on any atom is 0.413 e. The molecule has 7 heteroatoms. The van der Waals surface area contributed by atoms with Crippen molar-refractivity contribution in [2.75, 3.05) is 19.6 Å². The van der Waals surface area contributed by atoms with Gasteiger partial charge in [-0.05, 0) is 69.3 Å². The van der Waals surface area contributed by atoms with Crippen LogP contribution in [-0.2, 0) is 13.6 Å². The van der Waals surface area contributed by atoms with Crippen LogP contribution in [-0.4, -0.2) is 46.5 Å². The molecule has 2 aliphatic rings. The highest BCUT2D eigenvalue weighted by atomic mass is 16.6. The van der Waals surface area contributed by atoms with Gasteiger partial charge in [-0.2, -0.15) is 5.10 Å². The van der Waals surface area contributed by atoms with Gasteiger partial charge in [0.25, 0.3) is 0 Å². The van der Waals surface area contributed by atoms with Gasteiger partial charge in [-0.3, -0.25) is 4.90 Å². The van der Waals surface area contributed by atoms with Gasteiger partial charge in [0.05, 0.1) is 11.8 Å². The molecule has 2 heterocycles. The first-order valence-electron chi connectivity index (χ1n) is 10.5. The van der Waals surface area contributed by atoms with E-state index in [2.05, 4.69) is 39.6 Å². The highest BCUT2D eigenvalue weighted by Gasteiger charge is 2.31. The Morgan fingerprint density at radius 2 is 1.93 bits per heavy atom. The summed E-state index contributed by atoms with van der Waals surface area (Å²) < 4.78 is 12.9. The summed E-state index contributed by atoms with van der Waals surface area (Å²) >= 11 is 0. The molecule has 29 heavy (non-hydrogen) atoms. The summed E-state index contributed by atoms with van der Waals surface area (Å²) in [5.74, 6) is 1.80. The van der Waals surface area contributed by atoms with Gasteiger partial charge < -0.3 is 14.8 Å². The molecule has 1 amide bonds. The van der Waals surface area contributed by atoms with Crippen LogP contribution >= 0.6 is 0 Å². The lowest BCUT2D eigenvalue weighted by molar-refractivity contribution is 0.0646. The highest BCUT2D eigenvalue weighted by molar-refractivity contribution is 5.69. The third-order valence-corrected chi connectivity index (χ3v) is 5.71. The SMILES string of the molecule is Cc1cc(OC(=O)NCC2CC(Oc3ccc(CN4CCCC4)cc3)C2)n(C)n1. The number of aromatic nitrogens is 2. The molecule has 4 rings (SSSR count). The number of rotatable bonds is 7. The van der Waals surface area contributed by atoms with Crippen molar-refractivity contribution in [2.45, 2.75) is 45.3 Å². The average molecular weight is 399 g/mol. The average Bonchev–Trinajstić information content (AvgIpc) is 3.27. The van der Waals surface area contributed by atoms with Gasteiger partial charge >= 0.3 is 6.09 Å². The standard InChI is InChI=1S/C22H30N4O3/c1-16-11-21(25(2)24-16)29-22(27)23-14-18-12-20(13-18)28-19-7-5-17(6-8-19)15-26-9-3-4-10-26/h5-8,11,18,20H,3-4,9-10,12-15H2,1-2H3,(H,23,27). The molecule has 0 atom stereocenters. The Balaban J connectivity index is 1.14. The summed E-state index contributed by atoms with van der Waals surface area (Å²) in [5, 5.41) is 6.99. The number of ether oxygens (including phenoxy) is 2. The van der Waals surface area contributed by atoms with Gasteiger partial charge in [0.15, 0.2) is 0 Å². The first kappa shape index (κ1) is 19.8. The van der Waals surface area contributed by atoms with Gasteiger partial charge in [0, 0.05) is 26.2 Å². The fourth-order valence-corrected chi connectivity index (χ4v) is 4.04. The summed E-state index contributed by atoms with van der Waals surface area (Å²) in [6.07, 6.45) is 4.31. The number of benzene rings is 1. The second-order valence-corrected chi connectivity index (χ2v) is 8.22. The minimum atomic E-state index is -0.439. The summed E-state index contributed by atoms with van der Waals surface area (Å²) in [6, 6.07) is 10.2. The van der Waals surface area contributed by atoms with Crippen molar-refractivity contribution in [3.8, 4) is 11.6 Å². The van der Waals surface area contributed by atoms with Crippen LogP contribution in [0, 0.1) is 12.8 Å². The first-order valence-corrected chi connectivity index (χ1v) is 10.5. The first-order chi connectivity index (χ1) is 14.0. The molecule has 0 bridgehead atoms.